The van der Waals surface area contributed by atoms with Gasteiger partial charge < -0.3 is 9.47 Å². The van der Waals surface area contributed by atoms with Gasteiger partial charge in [-0.2, -0.15) is 13.5 Å². The number of thiazole rings is 1. The Morgan fingerprint density at radius 1 is 1.39 bits per heavy atom. The van der Waals surface area contributed by atoms with Crippen molar-refractivity contribution in [3.63, 3.8) is 0 Å². The number of anilines is 1. The molecule has 0 unspecified atom stereocenters. The standard InChI is InChI=1S/C18H22N2O5S2.H2S/c1-11-12(2)26-18(19-11)20-17(21)15-8-14(4-5-16(15)24-3)27(22,23)10-13-6-7-25-9-13;/h4-5,8,13H,6-7,9-10H2,1-3H3,(H,19,20,21);1H2/t13-;/m0./s1. The van der Waals surface area contributed by atoms with Crippen LogP contribution >= 0.6 is 24.8 Å². The first kappa shape index (κ1) is 22.7. The van der Waals surface area contributed by atoms with Crippen LogP contribution in [0.1, 0.15) is 27.3 Å². The fraction of sp³-hybridized carbons (Fsp3) is 0.444. The summed E-state index contributed by atoms with van der Waals surface area (Å²) in [4.78, 5) is 18.1. The van der Waals surface area contributed by atoms with Crippen LogP contribution in [0.4, 0.5) is 5.13 Å². The van der Waals surface area contributed by atoms with E-state index in [-0.39, 0.29) is 35.6 Å². The zero-order valence-electron chi connectivity index (χ0n) is 15.9. The average Bonchev–Trinajstić information content (AvgIpc) is 3.23. The Hall–Kier alpha value is -1.62. The summed E-state index contributed by atoms with van der Waals surface area (Å²) in [5.74, 6) is -0.163. The first-order chi connectivity index (χ1) is 12.8. The monoisotopic (exact) mass is 444 g/mol. The lowest BCUT2D eigenvalue weighted by Crippen LogP contribution is -2.18. The Morgan fingerprint density at radius 2 is 2.14 bits per heavy atom. The number of carbonyl (C=O) groups is 1. The smallest absolute Gasteiger partial charge is 0.261 e. The van der Waals surface area contributed by atoms with E-state index in [0.717, 1.165) is 17.0 Å². The number of amides is 1. The van der Waals surface area contributed by atoms with Gasteiger partial charge in [-0.15, -0.1) is 11.3 Å². The molecule has 0 aliphatic carbocycles. The third-order valence-electron chi connectivity index (χ3n) is 4.50. The van der Waals surface area contributed by atoms with Crippen molar-refractivity contribution in [1.29, 1.82) is 0 Å². The maximum absolute atomic E-state index is 12.7. The van der Waals surface area contributed by atoms with E-state index in [4.69, 9.17) is 9.47 Å². The molecular weight excluding hydrogens is 420 g/mol. The minimum Gasteiger partial charge on any atom is -0.496 e. The first-order valence-corrected chi connectivity index (χ1v) is 11.0. The van der Waals surface area contributed by atoms with Crippen molar-refractivity contribution in [2.45, 2.75) is 25.2 Å². The molecule has 10 heteroatoms. The molecule has 1 fully saturated rings. The van der Waals surface area contributed by atoms with Gasteiger partial charge in [0.05, 0.1) is 35.6 Å². The number of methoxy groups -OCH3 is 1. The lowest BCUT2D eigenvalue weighted by molar-refractivity contribution is 0.102. The van der Waals surface area contributed by atoms with Crippen molar-refractivity contribution in [3.8, 4) is 5.75 Å². The van der Waals surface area contributed by atoms with Crippen LogP contribution < -0.4 is 10.1 Å². The Balaban J connectivity index is 0.00000280. The highest BCUT2D eigenvalue weighted by atomic mass is 32.2. The van der Waals surface area contributed by atoms with E-state index in [2.05, 4.69) is 10.3 Å². The third-order valence-corrected chi connectivity index (χ3v) is 7.37. The fourth-order valence-electron chi connectivity index (χ4n) is 2.87. The van der Waals surface area contributed by atoms with Crippen LogP contribution in [-0.2, 0) is 14.6 Å². The molecule has 1 N–H and O–H groups in total. The van der Waals surface area contributed by atoms with E-state index in [1.165, 1.54) is 36.6 Å². The Morgan fingerprint density at radius 3 is 2.71 bits per heavy atom. The summed E-state index contributed by atoms with van der Waals surface area (Å²) >= 11 is 1.37. The minimum atomic E-state index is -3.53. The predicted octanol–water partition coefficient (Wildman–Crippen LogP) is 2.94. The summed E-state index contributed by atoms with van der Waals surface area (Å²) < 4.78 is 36.0. The molecule has 28 heavy (non-hydrogen) atoms. The number of ether oxygens (including phenoxy) is 2. The van der Waals surface area contributed by atoms with Gasteiger partial charge in [0, 0.05) is 11.5 Å². The van der Waals surface area contributed by atoms with Gasteiger partial charge in [0.2, 0.25) is 0 Å². The molecule has 1 atom stereocenters. The lowest BCUT2D eigenvalue weighted by atomic mass is 10.2. The highest BCUT2D eigenvalue weighted by Gasteiger charge is 2.26. The number of carbonyl (C=O) groups excluding carboxylic acids is 1. The maximum Gasteiger partial charge on any atom is 0.261 e. The van der Waals surface area contributed by atoms with Crippen LogP contribution in [-0.4, -0.2) is 45.4 Å². The van der Waals surface area contributed by atoms with Gasteiger partial charge in [-0.25, -0.2) is 13.4 Å². The van der Waals surface area contributed by atoms with Crippen molar-refractivity contribution < 1.29 is 22.7 Å². The second kappa shape index (κ2) is 9.25. The van der Waals surface area contributed by atoms with Gasteiger partial charge in [0.15, 0.2) is 15.0 Å². The normalized spacial score (nSPS) is 16.5. The molecule has 0 radical (unpaired) electrons. The largest absolute Gasteiger partial charge is 0.496 e. The second-order valence-electron chi connectivity index (χ2n) is 6.49. The zero-order valence-corrected chi connectivity index (χ0v) is 18.6. The minimum absolute atomic E-state index is 0. The lowest BCUT2D eigenvalue weighted by Gasteiger charge is -2.12. The molecule has 1 aromatic heterocycles. The van der Waals surface area contributed by atoms with E-state index in [1.807, 2.05) is 13.8 Å². The number of aryl methyl sites for hydroxylation is 2. The van der Waals surface area contributed by atoms with E-state index >= 15 is 0 Å². The number of aromatic nitrogens is 1. The molecule has 1 saturated heterocycles. The van der Waals surface area contributed by atoms with Crippen LogP contribution in [0.25, 0.3) is 0 Å². The molecule has 1 aliphatic rings. The quantitative estimate of drug-likeness (QED) is 0.736. The predicted molar refractivity (Wildman–Crippen MR) is 114 cm³/mol. The van der Waals surface area contributed by atoms with Gasteiger partial charge in [0.25, 0.3) is 5.91 Å². The van der Waals surface area contributed by atoms with E-state index in [0.29, 0.717) is 24.1 Å². The fourth-order valence-corrected chi connectivity index (χ4v) is 5.33. The third kappa shape index (κ3) is 5.05. The van der Waals surface area contributed by atoms with Gasteiger partial charge in [-0.1, -0.05) is 0 Å². The van der Waals surface area contributed by atoms with Crippen molar-refractivity contribution >= 4 is 45.7 Å². The Labute approximate surface area is 175 Å². The topological polar surface area (TPSA) is 94.6 Å². The molecule has 2 heterocycles. The van der Waals surface area contributed by atoms with Crippen LogP contribution in [0.3, 0.4) is 0 Å². The number of sulfone groups is 1. The second-order valence-corrected chi connectivity index (χ2v) is 9.73. The number of nitrogens with zero attached hydrogens (tertiary/aromatic N) is 1. The maximum atomic E-state index is 12.7. The van der Waals surface area contributed by atoms with Crippen molar-refractivity contribution in [2.24, 2.45) is 5.92 Å². The molecule has 154 valence electrons. The molecule has 0 bridgehead atoms. The van der Waals surface area contributed by atoms with E-state index in [9.17, 15) is 13.2 Å². The van der Waals surface area contributed by atoms with Crippen molar-refractivity contribution in [3.05, 3.63) is 34.3 Å². The number of benzene rings is 1. The van der Waals surface area contributed by atoms with Crippen LogP contribution in [0, 0.1) is 19.8 Å². The Bertz CT molecular complexity index is 931. The van der Waals surface area contributed by atoms with Gasteiger partial charge >= 0.3 is 0 Å². The molecule has 1 aliphatic heterocycles. The highest BCUT2D eigenvalue weighted by Crippen LogP contribution is 2.27. The summed E-state index contributed by atoms with van der Waals surface area (Å²) in [6, 6.07) is 4.34. The van der Waals surface area contributed by atoms with Crippen LogP contribution in [0.2, 0.25) is 0 Å². The number of rotatable bonds is 6. The molecular formula is C18H24N2O5S3. The molecule has 2 aromatic rings. The summed E-state index contributed by atoms with van der Waals surface area (Å²) in [6.07, 6.45) is 0.728. The molecule has 1 aromatic carbocycles. The first-order valence-electron chi connectivity index (χ1n) is 8.54. The van der Waals surface area contributed by atoms with Crippen LogP contribution in [0.5, 0.6) is 5.75 Å². The molecule has 7 nitrogen and oxygen atoms in total. The zero-order chi connectivity index (χ0) is 19.6. The van der Waals surface area contributed by atoms with Gasteiger partial charge in [-0.05, 0) is 44.4 Å². The Kier molecular flexibility index (Phi) is 7.49. The van der Waals surface area contributed by atoms with Gasteiger partial charge in [0.1, 0.15) is 5.75 Å². The number of hydrogen-bond acceptors (Lipinski definition) is 7. The average molecular weight is 445 g/mol. The van der Waals surface area contributed by atoms with Gasteiger partial charge in [-0.3, -0.25) is 10.1 Å². The summed E-state index contributed by atoms with van der Waals surface area (Å²) in [5, 5.41) is 3.19. The molecule has 3 rings (SSSR count). The van der Waals surface area contributed by atoms with Crippen LogP contribution in [0.15, 0.2) is 23.1 Å². The molecule has 0 saturated carbocycles. The highest BCUT2D eigenvalue weighted by molar-refractivity contribution is 7.91. The van der Waals surface area contributed by atoms with Crippen molar-refractivity contribution in [2.75, 3.05) is 31.4 Å². The number of hydrogen-bond donors (Lipinski definition) is 1. The summed E-state index contributed by atoms with van der Waals surface area (Å²) in [7, 11) is -2.09. The van der Waals surface area contributed by atoms with E-state index in [1.54, 1.807) is 0 Å². The van der Waals surface area contributed by atoms with Crippen molar-refractivity contribution in [1.82, 2.24) is 4.98 Å². The number of nitrogens with one attached hydrogen (secondary N) is 1. The SMILES string of the molecule is COc1ccc(S(=O)(=O)C[C@H]2CCOC2)cc1C(=O)Nc1nc(C)c(C)s1.S. The molecule has 0 spiro atoms. The molecule has 1 amide bonds. The summed E-state index contributed by atoms with van der Waals surface area (Å²) in [6.45, 7) is 4.82. The summed E-state index contributed by atoms with van der Waals surface area (Å²) in [5.41, 5.74) is 1.00. The van der Waals surface area contributed by atoms with E-state index < -0.39 is 15.7 Å².